The van der Waals surface area contributed by atoms with Gasteiger partial charge < -0.3 is 18.9 Å². The van der Waals surface area contributed by atoms with Gasteiger partial charge in [-0.05, 0) is 40.2 Å². The quantitative estimate of drug-likeness (QED) is 0.768. The molecule has 0 aromatic heterocycles. The number of halogens is 2. The lowest BCUT2D eigenvalue weighted by atomic mass is 9.77. The monoisotopic (exact) mass is 367 g/mol. The molecule has 0 spiro atoms. The van der Waals surface area contributed by atoms with Gasteiger partial charge in [-0.25, -0.2) is 8.78 Å². The lowest BCUT2D eigenvalue weighted by molar-refractivity contribution is 0.00578. The van der Waals surface area contributed by atoms with Crippen LogP contribution in [-0.4, -0.2) is 55.4 Å². The van der Waals surface area contributed by atoms with Crippen LogP contribution in [0.15, 0.2) is 12.1 Å². The number of hydrogen-bond acceptors (Lipinski definition) is 4. The number of hydrogen-bond donors (Lipinski definition) is 0. The number of nitrogens with zero attached hydrogens (tertiary/aromatic N) is 1. The van der Waals surface area contributed by atoms with E-state index in [-0.39, 0.29) is 11.6 Å². The Bertz CT molecular complexity index is 709. The van der Waals surface area contributed by atoms with Crippen molar-refractivity contribution < 1.29 is 27.6 Å². The maximum Gasteiger partial charge on any atom is 0.497 e. The van der Waals surface area contributed by atoms with E-state index in [1.165, 1.54) is 11.0 Å². The Hall–Kier alpha value is -1.51. The molecule has 2 aliphatic heterocycles. The molecule has 1 aromatic carbocycles. The highest BCUT2D eigenvalue weighted by Crippen LogP contribution is 2.36. The summed E-state index contributed by atoms with van der Waals surface area (Å²) in [6.07, 6.45) is 0.527. The number of carbonyl (C=O) groups excluding carboxylic acids is 1. The van der Waals surface area contributed by atoms with Gasteiger partial charge in [-0.2, -0.15) is 0 Å². The minimum Gasteiger partial charge on any atom is -0.399 e. The second-order valence-corrected chi connectivity index (χ2v) is 7.81. The van der Waals surface area contributed by atoms with E-state index < -0.39 is 41.4 Å². The van der Waals surface area contributed by atoms with Crippen molar-refractivity contribution in [2.24, 2.45) is 0 Å². The summed E-state index contributed by atoms with van der Waals surface area (Å²) in [7, 11) is 0.552. The number of rotatable bonds is 3. The predicted molar refractivity (Wildman–Crippen MR) is 93.4 cm³/mol. The summed E-state index contributed by atoms with van der Waals surface area (Å²) < 4.78 is 46.3. The van der Waals surface area contributed by atoms with E-state index in [1.807, 2.05) is 27.7 Å². The molecule has 142 valence electrons. The minimum atomic E-state index is -1.00. The van der Waals surface area contributed by atoms with Crippen LogP contribution < -0.4 is 5.46 Å². The lowest BCUT2D eigenvalue weighted by Crippen LogP contribution is -2.41. The summed E-state index contributed by atoms with van der Waals surface area (Å²) in [5.74, 6) is -2.51. The fraction of sp³-hybridized carbons (Fsp3) is 0.611. The molecule has 0 saturated carbocycles. The number of likely N-dealkylation sites (tertiary alicyclic amines) is 1. The van der Waals surface area contributed by atoms with Crippen molar-refractivity contribution in [3.8, 4) is 0 Å². The summed E-state index contributed by atoms with van der Waals surface area (Å²) in [6.45, 7) is 8.09. The van der Waals surface area contributed by atoms with Crippen LogP contribution in [0, 0.1) is 11.6 Å². The van der Waals surface area contributed by atoms with Crippen molar-refractivity contribution in [2.45, 2.75) is 51.4 Å². The maximum atomic E-state index is 15.1. The first kappa shape index (κ1) is 19.3. The van der Waals surface area contributed by atoms with Gasteiger partial charge in [-0.15, -0.1) is 0 Å². The van der Waals surface area contributed by atoms with E-state index in [0.29, 0.717) is 19.5 Å². The fourth-order valence-electron chi connectivity index (χ4n) is 3.18. The van der Waals surface area contributed by atoms with E-state index in [1.54, 1.807) is 7.11 Å². The average molecular weight is 367 g/mol. The Labute approximate surface area is 152 Å². The average Bonchev–Trinajstić information content (AvgIpc) is 3.10. The van der Waals surface area contributed by atoms with Crippen molar-refractivity contribution in [3.63, 3.8) is 0 Å². The molecule has 1 atom stereocenters. The Kier molecular flexibility index (Phi) is 4.88. The molecule has 2 heterocycles. The molecule has 1 unspecified atom stereocenters. The van der Waals surface area contributed by atoms with Gasteiger partial charge >= 0.3 is 7.12 Å². The SMILES string of the molecule is COC1CCN(C(=O)c2c(F)ccc(B3OC(C)(C)C(C)(C)O3)c2F)C1. The summed E-state index contributed by atoms with van der Waals surface area (Å²) in [5, 5.41) is 0. The Balaban J connectivity index is 1.92. The molecular formula is C18H24BF2NO4. The molecule has 0 aliphatic carbocycles. The molecule has 3 rings (SSSR count). The van der Waals surface area contributed by atoms with Gasteiger partial charge in [0.15, 0.2) is 0 Å². The molecule has 1 aromatic rings. The first-order valence-corrected chi connectivity index (χ1v) is 8.73. The van der Waals surface area contributed by atoms with E-state index >= 15 is 4.39 Å². The van der Waals surface area contributed by atoms with Crippen LogP contribution in [0.25, 0.3) is 0 Å². The largest absolute Gasteiger partial charge is 0.497 e. The third-order valence-corrected chi connectivity index (χ3v) is 5.61. The molecule has 5 nitrogen and oxygen atoms in total. The second kappa shape index (κ2) is 6.58. The van der Waals surface area contributed by atoms with Gasteiger partial charge in [0.25, 0.3) is 5.91 Å². The van der Waals surface area contributed by atoms with Crippen LogP contribution in [-0.2, 0) is 14.0 Å². The summed E-state index contributed by atoms with van der Waals surface area (Å²) in [6, 6.07) is 2.35. The van der Waals surface area contributed by atoms with Crippen molar-refractivity contribution >= 4 is 18.5 Å². The molecule has 2 saturated heterocycles. The van der Waals surface area contributed by atoms with Gasteiger partial charge in [0.1, 0.15) is 17.2 Å². The van der Waals surface area contributed by atoms with Crippen molar-refractivity contribution in [3.05, 3.63) is 29.3 Å². The van der Waals surface area contributed by atoms with Crippen molar-refractivity contribution in [1.82, 2.24) is 4.90 Å². The second-order valence-electron chi connectivity index (χ2n) is 7.81. The van der Waals surface area contributed by atoms with E-state index in [2.05, 4.69) is 0 Å². The zero-order chi connectivity index (χ0) is 19.3. The molecule has 0 radical (unpaired) electrons. The number of carbonyl (C=O) groups is 1. The van der Waals surface area contributed by atoms with E-state index in [4.69, 9.17) is 14.0 Å². The lowest BCUT2D eigenvalue weighted by Gasteiger charge is -2.32. The summed E-state index contributed by atoms with van der Waals surface area (Å²) in [5.41, 5.74) is -1.88. The number of methoxy groups -OCH3 is 1. The molecular weight excluding hydrogens is 343 g/mol. The van der Waals surface area contributed by atoms with Crippen LogP contribution in [0.4, 0.5) is 8.78 Å². The van der Waals surface area contributed by atoms with Gasteiger partial charge in [0.2, 0.25) is 0 Å². The third kappa shape index (κ3) is 3.14. The first-order chi connectivity index (χ1) is 12.1. The molecule has 26 heavy (non-hydrogen) atoms. The summed E-state index contributed by atoms with van der Waals surface area (Å²) in [4.78, 5) is 14.1. The zero-order valence-corrected chi connectivity index (χ0v) is 15.8. The van der Waals surface area contributed by atoms with Crippen LogP contribution in [0.2, 0.25) is 0 Å². The van der Waals surface area contributed by atoms with Crippen LogP contribution in [0.1, 0.15) is 44.5 Å². The highest BCUT2D eigenvalue weighted by Gasteiger charge is 2.52. The topological polar surface area (TPSA) is 48.0 Å². The van der Waals surface area contributed by atoms with E-state index in [9.17, 15) is 9.18 Å². The highest BCUT2D eigenvalue weighted by molar-refractivity contribution is 6.62. The zero-order valence-electron chi connectivity index (χ0n) is 15.8. The predicted octanol–water partition coefficient (Wildman–Crippen LogP) is 2.12. The maximum absolute atomic E-state index is 15.1. The smallest absolute Gasteiger partial charge is 0.399 e. The Morgan fingerprint density at radius 2 is 1.85 bits per heavy atom. The van der Waals surface area contributed by atoms with Gasteiger partial charge in [-0.1, -0.05) is 6.07 Å². The number of amides is 1. The van der Waals surface area contributed by atoms with Gasteiger partial charge in [0.05, 0.1) is 17.3 Å². The molecule has 0 bridgehead atoms. The van der Waals surface area contributed by atoms with Gasteiger partial charge in [0, 0.05) is 25.7 Å². The normalized spacial score (nSPS) is 24.3. The van der Waals surface area contributed by atoms with Crippen LogP contribution in [0.5, 0.6) is 0 Å². The minimum absolute atomic E-state index is 0.0240. The molecule has 8 heteroatoms. The molecule has 1 amide bonds. The van der Waals surface area contributed by atoms with Crippen molar-refractivity contribution in [1.29, 1.82) is 0 Å². The number of benzene rings is 1. The fourth-order valence-corrected chi connectivity index (χ4v) is 3.18. The number of ether oxygens (including phenoxy) is 1. The molecule has 0 N–H and O–H groups in total. The highest BCUT2D eigenvalue weighted by atomic mass is 19.1. The van der Waals surface area contributed by atoms with Crippen LogP contribution in [0.3, 0.4) is 0 Å². The first-order valence-electron chi connectivity index (χ1n) is 8.73. The van der Waals surface area contributed by atoms with Gasteiger partial charge in [-0.3, -0.25) is 4.79 Å². The molecule has 2 fully saturated rings. The summed E-state index contributed by atoms with van der Waals surface area (Å²) >= 11 is 0. The van der Waals surface area contributed by atoms with E-state index in [0.717, 1.165) is 6.07 Å². The van der Waals surface area contributed by atoms with Crippen LogP contribution >= 0.6 is 0 Å². The standard InChI is InChI=1S/C18H24BF2NO4/c1-17(2)18(3,4)26-19(25-17)12-6-7-13(20)14(15(12)21)16(23)22-9-8-11(10-22)24-5/h6-7,11H,8-10H2,1-5H3. The third-order valence-electron chi connectivity index (χ3n) is 5.61. The molecule has 2 aliphatic rings. The Morgan fingerprint density at radius 1 is 1.23 bits per heavy atom. The van der Waals surface area contributed by atoms with Crippen molar-refractivity contribution in [2.75, 3.05) is 20.2 Å². The Morgan fingerprint density at radius 3 is 2.38 bits per heavy atom.